The fourth-order valence-corrected chi connectivity index (χ4v) is 3.82. The number of hydrogen-bond acceptors (Lipinski definition) is 3. The van der Waals surface area contributed by atoms with E-state index < -0.39 is 5.54 Å². The maximum absolute atomic E-state index is 12.5. The van der Waals surface area contributed by atoms with Crippen molar-refractivity contribution in [1.29, 1.82) is 0 Å². The normalized spacial score (nSPS) is 25.9. The van der Waals surface area contributed by atoms with Gasteiger partial charge < -0.3 is 10.2 Å². The molecule has 2 atom stereocenters. The zero-order valence-electron chi connectivity index (χ0n) is 15.6. The molecule has 0 spiro atoms. The molecule has 25 heavy (non-hydrogen) atoms. The number of nitrogens with one attached hydrogen (secondary N) is 1. The second kappa shape index (κ2) is 9.16. The molecule has 2 rings (SSSR count). The highest BCUT2D eigenvalue weighted by atomic mass is 16.2. The third kappa shape index (κ3) is 5.16. The minimum absolute atomic E-state index is 0.0760. The molecule has 5 heteroatoms. The van der Waals surface area contributed by atoms with Crippen LogP contribution in [0.1, 0.15) is 64.7 Å². The van der Waals surface area contributed by atoms with Gasteiger partial charge in [-0.25, -0.2) is 0 Å². The molecule has 2 aliphatic carbocycles. The van der Waals surface area contributed by atoms with E-state index >= 15 is 0 Å². The van der Waals surface area contributed by atoms with Crippen LogP contribution in [0, 0.1) is 11.8 Å². The van der Waals surface area contributed by atoms with E-state index in [2.05, 4.69) is 17.5 Å². The van der Waals surface area contributed by atoms with Crippen molar-refractivity contribution in [3.8, 4) is 0 Å². The van der Waals surface area contributed by atoms with Crippen LogP contribution in [0.2, 0.25) is 0 Å². The van der Waals surface area contributed by atoms with Crippen molar-refractivity contribution in [2.75, 3.05) is 13.6 Å². The first kappa shape index (κ1) is 19.7. The topological polar surface area (TPSA) is 66.5 Å². The van der Waals surface area contributed by atoms with Crippen LogP contribution in [-0.2, 0) is 14.4 Å². The smallest absolute Gasteiger partial charge is 0.223 e. The number of hydrogen-bond donors (Lipinski definition) is 1. The van der Waals surface area contributed by atoms with Crippen molar-refractivity contribution >= 4 is 18.1 Å². The molecule has 140 valence electrons. The minimum atomic E-state index is -0.636. The summed E-state index contributed by atoms with van der Waals surface area (Å²) >= 11 is 0. The lowest BCUT2D eigenvalue weighted by atomic mass is 10.0. The van der Waals surface area contributed by atoms with E-state index in [1.54, 1.807) is 11.9 Å². The molecule has 0 bridgehead atoms. The van der Waals surface area contributed by atoms with Gasteiger partial charge in [-0.15, -0.1) is 0 Å². The van der Waals surface area contributed by atoms with Crippen molar-refractivity contribution in [2.45, 2.75) is 70.3 Å². The summed E-state index contributed by atoms with van der Waals surface area (Å²) < 4.78 is 0. The summed E-state index contributed by atoms with van der Waals surface area (Å²) in [5.41, 5.74) is -0.636. The molecule has 0 radical (unpaired) electrons. The largest absolute Gasteiger partial charge is 0.348 e. The number of rotatable bonds is 11. The zero-order valence-corrected chi connectivity index (χ0v) is 15.6. The van der Waals surface area contributed by atoms with E-state index in [1.807, 2.05) is 6.92 Å². The van der Waals surface area contributed by atoms with Gasteiger partial charge in [-0.05, 0) is 38.5 Å². The lowest BCUT2D eigenvalue weighted by Crippen LogP contribution is -2.46. The zero-order chi connectivity index (χ0) is 18.3. The monoisotopic (exact) mass is 348 g/mol. The number of amides is 2. The third-order valence-corrected chi connectivity index (χ3v) is 5.59. The van der Waals surface area contributed by atoms with Crippen LogP contribution in [-0.4, -0.2) is 42.1 Å². The maximum atomic E-state index is 12.5. The van der Waals surface area contributed by atoms with Gasteiger partial charge in [0.05, 0.1) is 0 Å². The van der Waals surface area contributed by atoms with E-state index in [1.165, 1.54) is 0 Å². The summed E-state index contributed by atoms with van der Waals surface area (Å²) in [4.78, 5) is 37.0. The lowest BCUT2D eigenvalue weighted by molar-refractivity contribution is -0.131. The second-order valence-electron chi connectivity index (χ2n) is 7.54. The highest BCUT2D eigenvalue weighted by Gasteiger charge is 2.58. The van der Waals surface area contributed by atoms with Crippen molar-refractivity contribution in [2.24, 2.45) is 11.8 Å². The van der Waals surface area contributed by atoms with Gasteiger partial charge in [-0.2, -0.15) is 0 Å². The fourth-order valence-electron chi connectivity index (χ4n) is 3.82. The van der Waals surface area contributed by atoms with Crippen molar-refractivity contribution in [3.05, 3.63) is 12.2 Å². The standard InChI is InChI=1S/C20H32N2O3/c1-3-18(24)20(21-19(25)16-10-7-8-11-16)14-17(20)12-6-4-5-9-13-22(2)15-23/h6,12,15-17H,3-5,7-11,13-14H2,1-2H3,(H,21,25)/b12-6-/t17-,20-/m1/s1. The molecule has 1 N–H and O–H groups in total. The summed E-state index contributed by atoms with van der Waals surface area (Å²) in [6, 6.07) is 0. The number of Topliss-reactive ketones (excluding diaryl/α,β-unsaturated/α-hetero) is 1. The average Bonchev–Trinajstić information content (AvgIpc) is 3.05. The van der Waals surface area contributed by atoms with Crippen molar-refractivity contribution < 1.29 is 14.4 Å². The predicted molar refractivity (Wildman–Crippen MR) is 97.9 cm³/mol. The van der Waals surface area contributed by atoms with Gasteiger partial charge in [-0.1, -0.05) is 31.9 Å². The molecule has 2 saturated carbocycles. The second-order valence-corrected chi connectivity index (χ2v) is 7.54. The van der Waals surface area contributed by atoms with Crippen molar-refractivity contribution in [3.63, 3.8) is 0 Å². The van der Waals surface area contributed by atoms with Gasteiger partial charge in [0.25, 0.3) is 0 Å². The lowest BCUT2D eigenvalue weighted by Gasteiger charge is -2.19. The number of ketones is 1. The number of carbonyl (C=O) groups is 3. The molecule has 5 nitrogen and oxygen atoms in total. The van der Waals surface area contributed by atoms with E-state index in [0.717, 1.165) is 64.3 Å². The maximum Gasteiger partial charge on any atom is 0.223 e. The van der Waals surface area contributed by atoms with Gasteiger partial charge in [0.15, 0.2) is 5.78 Å². The highest BCUT2D eigenvalue weighted by molar-refractivity contribution is 5.97. The van der Waals surface area contributed by atoms with Gasteiger partial charge in [-0.3, -0.25) is 14.4 Å². The molecule has 2 fully saturated rings. The first-order valence-corrected chi connectivity index (χ1v) is 9.71. The molecule has 2 amide bonds. The Bertz CT molecular complexity index is 511. The Balaban J connectivity index is 1.80. The Hall–Kier alpha value is -1.65. The number of unbranched alkanes of at least 4 members (excludes halogenated alkanes) is 2. The molecule has 0 unspecified atom stereocenters. The molecular weight excluding hydrogens is 316 g/mol. The number of carbonyl (C=O) groups excluding carboxylic acids is 3. The van der Waals surface area contributed by atoms with Crippen LogP contribution in [0.15, 0.2) is 12.2 Å². The molecule has 0 heterocycles. The Labute approximate surface area is 151 Å². The minimum Gasteiger partial charge on any atom is -0.348 e. The molecule has 0 aromatic heterocycles. The van der Waals surface area contributed by atoms with E-state index in [4.69, 9.17) is 0 Å². The molecular formula is C20H32N2O3. The van der Waals surface area contributed by atoms with E-state index in [0.29, 0.717) is 6.42 Å². The number of nitrogens with zero attached hydrogens (tertiary/aromatic N) is 1. The molecule has 0 aromatic carbocycles. The molecule has 0 aromatic rings. The van der Waals surface area contributed by atoms with Gasteiger partial charge in [0.1, 0.15) is 5.54 Å². The summed E-state index contributed by atoms with van der Waals surface area (Å²) in [7, 11) is 1.78. The van der Waals surface area contributed by atoms with Crippen LogP contribution in [0.25, 0.3) is 0 Å². The Kier molecular flexibility index (Phi) is 7.21. The van der Waals surface area contributed by atoms with Gasteiger partial charge >= 0.3 is 0 Å². The Morgan fingerprint density at radius 3 is 2.60 bits per heavy atom. The summed E-state index contributed by atoms with van der Waals surface area (Å²) in [5, 5.41) is 3.10. The Morgan fingerprint density at radius 1 is 1.24 bits per heavy atom. The predicted octanol–water partition coefficient (Wildman–Crippen LogP) is 2.85. The SMILES string of the molecule is CCC(=O)[C@@]1(NC(=O)C2CCCC2)C[C@H]1/C=C\CCCCN(C)C=O. The van der Waals surface area contributed by atoms with Gasteiger partial charge in [0.2, 0.25) is 12.3 Å². The first-order valence-electron chi connectivity index (χ1n) is 9.71. The van der Waals surface area contributed by atoms with Crippen LogP contribution in [0.3, 0.4) is 0 Å². The highest BCUT2D eigenvalue weighted by Crippen LogP contribution is 2.46. The van der Waals surface area contributed by atoms with E-state index in [-0.39, 0.29) is 23.5 Å². The van der Waals surface area contributed by atoms with Crippen molar-refractivity contribution in [1.82, 2.24) is 10.2 Å². The van der Waals surface area contributed by atoms with Gasteiger partial charge in [0, 0.05) is 31.8 Å². The Morgan fingerprint density at radius 2 is 1.96 bits per heavy atom. The van der Waals surface area contributed by atoms with Crippen LogP contribution < -0.4 is 5.32 Å². The van der Waals surface area contributed by atoms with E-state index in [9.17, 15) is 14.4 Å². The van der Waals surface area contributed by atoms with Crippen LogP contribution in [0.5, 0.6) is 0 Å². The third-order valence-electron chi connectivity index (χ3n) is 5.59. The van der Waals surface area contributed by atoms with Crippen LogP contribution >= 0.6 is 0 Å². The fraction of sp³-hybridized carbons (Fsp3) is 0.750. The number of allylic oxidation sites excluding steroid dienone is 1. The molecule has 2 aliphatic rings. The quantitative estimate of drug-likeness (QED) is 0.355. The summed E-state index contributed by atoms with van der Waals surface area (Å²) in [6.07, 6.45) is 13.4. The molecule has 0 saturated heterocycles. The first-order chi connectivity index (χ1) is 12.0. The summed E-state index contributed by atoms with van der Waals surface area (Å²) in [5.74, 6) is 0.470. The van der Waals surface area contributed by atoms with Crippen LogP contribution in [0.4, 0.5) is 0 Å². The summed E-state index contributed by atoms with van der Waals surface area (Å²) in [6.45, 7) is 2.64. The molecule has 0 aliphatic heterocycles. The average molecular weight is 348 g/mol.